The van der Waals surface area contributed by atoms with E-state index in [1.54, 1.807) is 0 Å². The second kappa shape index (κ2) is 6.64. The Balaban J connectivity index is 2.17. The molecule has 0 amide bonds. The minimum absolute atomic E-state index is 0.129. The maximum absolute atomic E-state index is 13.4. The van der Waals surface area contributed by atoms with Crippen LogP contribution in [0.25, 0.3) is 0 Å². The van der Waals surface area contributed by atoms with Crippen LogP contribution in [0.5, 0.6) is 0 Å². The smallest absolute Gasteiger partial charge is 0.126 e. The highest BCUT2D eigenvalue weighted by Gasteiger charge is 2.27. The topological polar surface area (TPSA) is 29.3 Å². The monoisotopic (exact) mass is 282 g/mol. The van der Waals surface area contributed by atoms with E-state index >= 15 is 0 Å². The van der Waals surface area contributed by atoms with Crippen molar-refractivity contribution in [1.82, 2.24) is 4.90 Å². The fourth-order valence-corrected chi connectivity index (χ4v) is 3.33. The number of likely N-dealkylation sites (N-methyl/N-ethyl adjacent to an activating group) is 1. The maximum atomic E-state index is 13.4. The molecular weight excluding hydrogens is 258 g/mol. The minimum Gasteiger partial charge on any atom is -0.329 e. The van der Waals surface area contributed by atoms with Gasteiger partial charge in [-0.25, -0.2) is 8.78 Å². The number of nitrogens with zero attached hydrogens (tertiary/aromatic N) is 1. The number of rotatable bonds is 4. The van der Waals surface area contributed by atoms with Crippen molar-refractivity contribution >= 4 is 0 Å². The van der Waals surface area contributed by atoms with E-state index in [1.165, 1.54) is 25.0 Å². The van der Waals surface area contributed by atoms with E-state index in [-0.39, 0.29) is 6.04 Å². The van der Waals surface area contributed by atoms with E-state index in [2.05, 4.69) is 11.8 Å². The van der Waals surface area contributed by atoms with Crippen molar-refractivity contribution in [3.8, 4) is 0 Å². The SMILES string of the molecule is CC1CCCC(N(C)C(CN)c2cc(F)cc(F)c2)C1. The molecule has 1 fully saturated rings. The van der Waals surface area contributed by atoms with Crippen LogP contribution in [0.15, 0.2) is 18.2 Å². The average molecular weight is 282 g/mol. The van der Waals surface area contributed by atoms with Crippen LogP contribution in [0, 0.1) is 17.6 Å². The zero-order valence-electron chi connectivity index (χ0n) is 12.3. The number of halogens is 2. The molecule has 1 aromatic rings. The Morgan fingerprint density at radius 3 is 2.45 bits per heavy atom. The zero-order valence-corrected chi connectivity index (χ0v) is 12.3. The second-order valence-corrected chi connectivity index (χ2v) is 6.05. The lowest BCUT2D eigenvalue weighted by Crippen LogP contribution is -2.41. The molecule has 1 aliphatic rings. The highest BCUT2D eigenvalue weighted by molar-refractivity contribution is 5.22. The molecule has 4 heteroatoms. The molecule has 0 radical (unpaired) electrons. The van der Waals surface area contributed by atoms with E-state index in [0.717, 1.165) is 18.9 Å². The molecule has 20 heavy (non-hydrogen) atoms. The molecule has 0 bridgehead atoms. The maximum Gasteiger partial charge on any atom is 0.126 e. The molecule has 1 saturated carbocycles. The van der Waals surface area contributed by atoms with Crippen molar-refractivity contribution in [3.63, 3.8) is 0 Å². The molecular formula is C16H24F2N2. The molecule has 2 rings (SSSR count). The number of hydrogen-bond donors (Lipinski definition) is 1. The lowest BCUT2D eigenvalue weighted by molar-refractivity contribution is 0.121. The predicted octanol–water partition coefficient (Wildman–Crippen LogP) is 3.48. The lowest BCUT2D eigenvalue weighted by Gasteiger charge is -2.39. The second-order valence-electron chi connectivity index (χ2n) is 6.05. The molecule has 0 aliphatic heterocycles. The van der Waals surface area contributed by atoms with Gasteiger partial charge in [0, 0.05) is 24.7 Å². The van der Waals surface area contributed by atoms with Crippen molar-refractivity contribution in [2.75, 3.05) is 13.6 Å². The fourth-order valence-electron chi connectivity index (χ4n) is 3.33. The Morgan fingerprint density at radius 1 is 1.25 bits per heavy atom. The van der Waals surface area contributed by atoms with Gasteiger partial charge < -0.3 is 5.73 Å². The first-order chi connectivity index (χ1) is 9.51. The summed E-state index contributed by atoms with van der Waals surface area (Å²) < 4.78 is 26.8. The lowest BCUT2D eigenvalue weighted by atomic mass is 9.85. The molecule has 2 nitrogen and oxygen atoms in total. The van der Waals surface area contributed by atoms with Gasteiger partial charge in [-0.15, -0.1) is 0 Å². The van der Waals surface area contributed by atoms with E-state index < -0.39 is 11.6 Å². The van der Waals surface area contributed by atoms with Crippen molar-refractivity contribution in [2.45, 2.75) is 44.7 Å². The van der Waals surface area contributed by atoms with Crippen LogP contribution in [-0.4, -0.2) is 24.5 Å². The summed E-state index contributed by atoms with van der Waals surface area (Å²) in [6.07, 6.45) is 4.75. The van der Waals surface area contributed by atoms with E-state index in [9.17, 15) is 8.78 Å². The van der Waals surface area contributed by atoms with Gasteiger partial charge in [0.15, 0.2) is 0 Å². The molecule has 0 aromatic heterocycles. The molecule has 2 N–H and O–H groups in total. The largest absolute Gasteiger partial charge is 0.329 e. The molecule has 0 saturated heterocycles. The molecule has 112 valence electrons. The number of benzene rings is 1. The minimum atomic E-state index is -0.538. The highest BCUT2D eigenvalue weighted by Crippen LogP contribution is 2.31. The summed E-state index contributed by atoms with van der Waals surface area (Å²) in [6, 6.07) is 4.00. The summed E-state index contributed by atoms with van der Waals surface area (Å²) in [6.45, 7) is 2.63. The average Bonchev–Trinajstić information content (AvgIpc) is 2.38. The standard InChI is InChI=1S/C16H24F2N2/c1-11-4-3-5-15(6-11)20(2)16(10-19)12-7-13(17)9-14(18)8-12/h7-9,11,15-16H,3-6,10,19H2,1-2H3. The van der Waals surface area contributed by atoms with Crippen LogP contribution in [0.3, 0.4) is 0 Å². The van der Waals surface area contributed by atoms with E-state index in [0.29, 0.717) is 24.1 Å². The van der Waals surface area contributed by atoms with Gasteiger partial charge in [-0.3, -0.25) is 4.90 Å². The van der Waals surface area contributed by atoms with Crippen LogP contribution in [-0.2, 0) is 0 Å². The van der Waals surface area contributed by atoms with Gasteiger partial charge in [-0.2, -0.15) is 0 Å². The van der Waals surface area contributed by atoms with Gasteiger partial charge in [-0.1, -0.05) is 19.8 Å². The van der Waals surface area contributed by atoms with E-state index in [4.69, 9.17) is 5.73 Å². The molecule has 3 unspecified atom stereocenters. The van der Waals surface area contributed by atoms with Crippen LogP contribution >= 0.6 is 0 Å². The Hall–Kier alpha value is -1.00. The summed E-state index contributed by atoms with van der Waals surface area (Å²) in [7, 11) is 2.02. The Bertz CT molecular complexity index is 430. The Morgan fingerprint density at radius 2 is 1.90 bits per heavy atom. The Labute approximate surface area is 120 Å². The van der Waals surface area contributed by atoms with Crippen molar-refractivity contribution < 1.29 is 8.78 Å². The molecule has 3 atom stereocenters. The van der Waals surface area contributed by atoms with Crippen LogP contribution in [0.2, 0.25) is 0 Å². The quantitative estimate of drug-likeness (QED) is 0.916. The van der Waals surface area contributed by atoms with Gasteiger partial charge in [0.2, 0.25) is 0 Å². The highest BCUT2D eigenvalue weighted by atomic mass is 19.1. The van der Waals surface area contributed by atoms with Crippen LogP contribution < -0.4 is 5.73 Å². The summed E-state index contributed by atoms with van der Waals surface area (Å²) in [4.78, 5) is 2.20. The van der Waals surface area contributed by atoms with Crippen molar-refractivity contribution in [2.24, 2.45) is 11.7 Å². The number of hydrogen-bond acceptors (Lipinski definition) is 2. The normalized spacial score (nSPS) is 24.9. The van der Waals surface area contributed by atoms with Crippen molar-refractivity contribution in [1.29, 1.82) is 0 Å². The fraction of sp³-hybridized carbons (Fsp3) is 0.625. The third-order valence-corrected chi connectivity index (χ3v) is 4.47. The zero-order chi connectivity index (χ0) is 14.7. The third kappa shape index (κ3) is 3.55. The molecule has 0 spiro atoms. The first-order valence-corrected chi connectivity index (χ1v) is 7.39. The molecule has 1 aliphatic carbocycles. The first-order valence-electron chi connectivity index (χ1n) is 7.39. The van der Waals surface area contributed by atoms with E-state index in [1.807, 2.05) is 7.05 Å². The first kappa shape index (κ1) is 15.4. The van der Waals surface area contributed by atoms with Gasteiger partial charge in [0.1, 0.15) is 11.6 Å². The molecule has 0 heterocycles. The van der Waals surface area contributed by atoms with Gasteiger partial charge in [0.05, 0.1) is 0 Å². The van der Waals surface area contributed by atoms with Crippen LogP contribution in [0.1, 0.15) is 44.2 Å². The van der Waals surface area contributed by atoms with Crippen molar-refractivity contribution in [3.05, 3.63) is 35.4 Å². The summed E-state index contributed by atoms with van der Waals surface area (Å²) in [5.41, 5.74) is 6.49. The van der Waals surface area contributed by atoms with Gasteiger partial charge in [0.25, 0.3) is 0 Å². The Kier molecular flexibility index (Phi) is 5.11. The summed E-state index contributed by atoms with van der Waals surface area (Å²) in [5, 5.41) is 0. The van der Waals surface area contributed by atoms with Gasteiger partial charge >= 0.3 is 0 Å². The summed E-state index contributed by atoms with van der Waals surface area (Å²) >= 11 is 0. The summed E-state index contributed by atoms with van der Waals surface area (Å²) in [5.74, 6) is -0.369. The van der Waals surface area contributed by atoms with Crippen LogP contribution in [0.4, 0.5) is 8.78 Å². The third-order valence-electron chi connectivity index (χ3n) is 4.47. The molecule has 1 aromatic carbocycles. The van der Waals surface area contributed by atoms with Gasteiger partial charge in [-0.05, 0) is 43.5 Å². The number of nitrogens with two attached hydrogens (primary N) is 1. The predicted molar refractivity (Wildman–Crippen MR) is 77.3 cm³/mol.